The Labute approximate surface area is 80.2 Å². The predicted molar refractivity (Wildman–Crippen MR) is 55.2 cm³/mol. The van der Waals surface area contributed by atoms with Crippen molar-refractivity contribution in [1.82, 2.24) is 5.32 Å². The smallest absolute Gasteiger partial charge is 0.0576 e. The number of benzene rings is 1. The van der Waals surface area contributed by atoms with Crippen molar-refractivity contribution in [1.29, 1.82) is 0 Å². The Hall–Kier alpha value is -0.980. The molecule has 0 N–H and O–H groups in total. The van der Waals surface area contributed by atoms with Crippen LogP contribution in [0.3, 0.4) is 0 Å². The molecule has 1 aliphatic rings. The highest BCUT2D eigenvalue weighted by molar-refractivity contribution is 5.38. The molecule has 1 aliphatic carbocycles. The molecule has 13 heavy (non-hydrogen) atoms. The Morgan fingerprint density at radius 3 is 2.85 bits per heavy atom. The summed E-state index contributed by atoms with van der Waals surface area (Å²) in [7, 11) is 0. The minimum Gasteiger partial charge on any atom is -0.285 e. The minimum atomic E-state index is 0.875. The summed E-state index contributed by atoms with van der Waals surface area (Å²) in [5, 5.41) is 4.59. The molecule has 1 radical (unpaired) electrons. The molecule has 1 aromatic carbocycles. The molecule has 1 heteroatoms. The lowest BCUT2D eigenvalue weighted by molar-refractivity contribution is 0.312. The van der Waals surface area contributed by atoms with E-state index in [1.807, 2.05) is 0 Å². The zero-order chi connectivity index (χ0) is 9.10. The summed E-state index contributed by atoms with van der Waals surface area (Å²) in [6.45, 7) is 3.14. The number of nitrogens with zero attached hydrogens (tertiary/aromatic N) is 1. The highest BCUT2D eigenvalue weighted by Crippen LogP contribution is 2.26. The molecule has 0 bridgehead atoms. The molecule has 0 spiro atoms. The largest absolute Gasteiger partial charge is 0.285 e. The quantitative estimate of drug-likeness (QED) is 0.668. The van der Waals surface area contributed by atoms with Crippen LogP contribution in [0, 0.1) is 12.8 Å². The van der Waals surface area contributed by atoms with Gasteiger partial charge in [0.2, 0.25) is 0 Å². The van der Waals surface area contributed by atoms with E-state index in [9.17, 15) is 0 Å². The average Bonchev–Trinajstić information content (AvgIpc) is 2.01. The van der Waals surface area contributed by atoms with Crippen LogP contribution in [0.5, 0.6) is 0 Å². The fourth-order valence-corrected chi connectivity index (χ4v) is 1.64. The second kappa shape index (κ2) is 3.82. The number of rotatable bonds is 3. The number of hydrogen-bond donors (Lipinski definition) is 0. The minimum absolute atomic E-state index is 0.875. The Bertz CT molecular complexity index is 276. The maximum Gasteiger partial charge on any atom is 0.0576 e. The van der Waals surface area contributed by atoms with E-state index in [1.165, 1.54) is 24.8 Å². The van der Waals surface area contributed by atoms with E-state index < -0.39 is 0 Å². The molecule has 0 atom stereocenters. The first-order chi connectivity index (χ1) is 6.34. The van der Waals surface area contributed by atoms with E-state index in [0.29, 0.717) is 0 Å². The van der Waals surface area contributed by atoms with Crippen LogP contribution in [0.4, 0.5) is 5.69 Å². The second-order valence-electron chi connectivity index (χ2n) is 3.98. The summed E-state index contributed by atoms with van der Waals surface area (Å²) >= 11 is 0. The van der Waals surface area contributed by atoms with E-state index in [2.05, 4.69) is 36.5 Å². The van der Waals surface area contributed by atoms with Gasteiger partial charge in [-0.25, -0.2) is 0 Å². The molecule has 2 rings (SSSR count). The van der Waals surface area contributed by atoms with Gasteiger partial charge in [0.25, 0.3) is 0 Å². The Morgan fingerprint density at radius 2 is 2.23 bits per heavy atom. The molecule has 0 saturated heterocycles. The van der Waals surface area contributed by atoms with E-state index in [4.69, 9.17) is 0 Å². The van der Waals surface area contributed by atoms with Gasteiger partial charge in [-0.2, -0.15) is 0 Å². The third-order valence-electron chi connectivity index (χ3n) is 2.76. The summed E-state index contributed by atoms with van der Waals surface area (Å²) in [5.74, 6) is 0.875. The van der Waals surface area contributed by atoms with Crippen molar-refractivity contribution >= 4 is 5.69 Å². The number of aryl methyl sites for hydroxylation is 1. The highest BCUT2D eigenvalue weighted by atomic mass is 14.9. The molecule has 0 aromatic heterocycles. The first kappa shape index (κ1) is 8.61. The molecule has 0 amide bonds. The van der Waals surface area contributed by atoms with Crippen LogP contribution >= 0.6 is 0 Å². The van der Waals surface area contributed by atoms with Crippen LogP contribution in [0.15, 0.2) is 24.3 Å². The summed E-state index contributed by atoms with van der Waals surface area (Å²) < 4.78 is 0. The fourth-order valence-electron chi connectivity index (χ4n) is 1.64. The van der Waals surface area contributed by atoms with Crippen LogP contribution in [-0.2, 0) is 0 Å². The lowest BCUT2D eigenvalue weighted by Crippen LogP contribution is -2.20. The second-order valence-corrected chi connectivity index (χ2v) is 3.98. The van der Waals surface area contributed by atoms with Gasteiger partial charge in [0.1, 0.15) is 0 Å². The lowest BCUT2D eigenvalue weighted by atomic mass is 9.85. The molecule has 0 unspecified atom stereocenters. The Kier molecular flexibility index (Phi) is 2.53. The molecular formula is C12H16N. The Morgan fingerprint density at radius 1 is 1.38 bits per heavy atom. The zero-order valence-electron chi connectivity index (χ0n) is 8.16. The first-order valence-electron chi connectivity index (χ1n) is 5.09. The summed E-state index contributed by atoms with van der Waals surface area (Å²) in [4.78, 5) is 0. The van der Waals surface area contributed by atoms with E-state index in [0.717, 1.165) is 18.2 Å². The van der Waals surface area contributed by atoms with Gasteiger partial charge in [0.05, 0.1) is 5.69 Å². The monoisotopic (exact) mass is 174 g/mol. The van der Waals surface area contributed by atoms with Crippen LogP contribution in [-0.4, -0.2) is 6.54 Å². The summed E-state index contributed by atoms with van der Waals surface area (Å²) in [6.07, 6.45) is 4.18. The molecular weight excluding hydrogens is 158 g/mol. The number of hydrogen-bond acceptors (Lipinski definition) is 0. The molecule has 1 fully saturated rings. The van der Waals surface area contributed by atoms with Crippen LogP contribution in [0.25, 0.3) is 0 Å². The molecule has 1 aromatic rings. The highest BCUT2D eigenvalue weighted by Gasteiger charge is 2.17. The lowest BCUT2D eigenvalue weighted by Gasteiger charge is -2.24. The zero-order valence-corrected chi connectivity index (χ0v) is 8.16. The SMILES string of the molecule is Cc1cccc([N]CC2CCC2)c1. The van der Waals surface area contributed by atoms with E-state index in [-0.39, 0.29) is 0 Å². The summed E-state index contributed by atoms with van der Waals surface area (Å²) in [6, 6.07) is 8.43. The van der Waals surface area contributed by atoms with Crippen LogP contribution in [0.2, 0.25) is 0 Å². The molecule has 0 aliphatic heterocycles. The third-order valence-corrected chi connectivity index (χ3v) is 2.76. The van der Waals surface area contributed by atoms with Crippen molar-refractivity contribution in [3.63, 3.8) is 0 Å². The van der Waals surface area contributed by atoms with Crippen LogP contribution in [0.1, 0.15) is 24.8 Å². The molecule has 1 saturated carbocycles. The van der Waals surface area contributed by atoms with Gasteiger partial charge in [-0.3, -0.25) is 5.32 Å². The van der Waals surface area contributed by atoms with Crippen molar-refractivity contribution in [2.24, 2.45) is 5.92 Å². The third kappa shape index (κ3) is 2.24. The summed E-state index contributed by atoms with van der Waals surface area (Å²) in [5.41, 5.74) is 2.45. The van der Waals surface area contributed by atoms with Gasteiger partial charge in [-0.05, 0) is 43.4 Å². The van der Waals surface area contributed by atoms with Crippen LogP contribution < -0.4 is 5.32 Å². The van der Waals surface area contributed by atoms with Gasteiger partial charge in [-0.1, -0.05) is 18.6 Å². The van der Waals surface area contributed by atoms with Gasteiger partial charge < -0.3 is 0 Å². The van der Waals surface area contributed by atoms with Gasteiger partial charge in [0, 0.05) is 6.54 Å². The van der Waals surface area contributed by atoms with Crippen molar-refractivity contribution in [2.45, 2.75) is 26.2 Å². The maximum absolute atomic E-state index is 4.59. The van der Waals surface area contributed by atoms with Crippen molar-refractivity contribution in [3.05, 3.63) is 29.8 Å². The Balaban J connectivity index is 1.86. The first-order valence-corrected chi connectivity index (χ1v) is 5.09. The molecule has 1 nitrogen and oxygen atoms in total. The van der Waals surface area contributed by atoms with Gasteiger partial charge in [-0.15, -0.1) is 0 Å². The van der Waals surface area contributed by atoms with Crippen molar-refractivity contribution in [3.8, 4) is 0 Å². The fraction of sp³-hybridized carbons (Fsp3) is 0.500. The standard InChI is InChI=1S/C12H16N/c1-10-4-2-7-12(8-10)13-9-11-5-3-6-11/h2,4,7-8,11H,3,5-6,9H2,1H3. The topological polar surface area (TPSA) is 14.1 Å². The van der Waals surface area contributed by atoms with E-state index >= 15 is 0 Å². The average molecular weight is 174 g/mol. The van der Waals surface area contributed by atoms with E-state index in [1.54, 1.807) is 0 Å². The molecule has 0 heterocycles. The van der Waals surface area contributed by atoms with Gasteiger partial charge in [0.15, 0.2) is 0 Å². The normalized spacial score (nSPS) is 16.7. The van der Waals surface area contributed by atoms with Crippen molar-refractivity contribution < 1.29 is 0 Å². The van der Waals surface area contributed by atoms with Gasteiger partial charge >= 0.3 is 0 Å². The molecule has 69 valence electrons. The predicted octanol–water partition coefficient (Wildman–Crippen LogP) is 3.03. The van der Waals surface area contributed by atoms with Crippen molar-refractivity contribution in [2.75, 3.05) is 6.54 Å². The maximum atomic E-state index is 4.59.